The lowest BCUT2D eigenvalue weighted by Crippen LogP contribution is -2.41. The summed E-state index contributed by atoms with van der Waals surface area (Å²) >= 11 is 6.47. The van der Waals surface area contributed by atoms with Crippen LogP contribution in [-0.4, -0.2) is 62.8 Å². The molecule has 0 saturated carbocycles. The first kappa shape index (κ1) is 26.3. The molecular formula is C27H33ClN4O4. The normalized spacial score (nSPS) is 16.6. The standard InChI is InChI=1S/C27H33ClN4O4/c1-36-20-4-5-23-21(15-20)26(22(28)18-31-23)24(33)6-7-27(16-25(34)35)8-13-32(14-9-27)12-2-3-19-17-29-10-11-30-19/h4-5,10-11,15,17-18,24,33H,2-3,6-9,12-14,16H2,1H3,(H,34,35)/t24-/m0/s1. The van der Waals surface area contributed by atoms with Gasteiger partial charge in [0.05, 0.1) is 35.9 Å². The molecule has 9 heteroatoms. The first-order valence-corrected chi connectivity index (χ1v) is 12.8. The van der Waals surface area contributed by atoms with E-state index in [1.807, 2.05) is 18.2 Å². The lowest BCUT2D eigenvalue weighted by Gasteiger charge is -2.41. The highest BCUT2D eigenvalue weighted by Gasteiger charge is 2.37. The summed E-state index contributed by atoms with van der Waals surface area (Å²) in [6, 6.07) is 5.49. The van der Waals surface area contributed by atoms with Crippen LogP contribution < -0.4 is 4.74 Å². The molecule has 3 heterocycles. The summed E-state index contributed by atoms with van der Waals surface area (Å²) in [4.78, 5) is 27.0. The average molecular weight is 513 g/mol. The number of aryl methyl sites for hydroxylation is 1. The van der Waals surface area contributed by atoms with Crippen LogP contribution in [0.1, 0.15) is 55.9 Å². The molecule has 0 radical (unpaired) electrons. The number of fused-ring (bicyclic) bond motifs is 1. The molecule has 4 rings (SSSR count). The number of aliphatic hydroxyl groups is 1. The van der Waals surface area contributed by atoms with Crippen molar-refractivity contribution in [2.75, 3.05) is 26.7 Å². The van der Waals surface area contributed by atoms with Crippen molar-refractivity contribution in [1.29, 1.82) is 0 Å². The molecule has 2 N–H and O–H groups in total. The molecule has 3 aromatic rings. The van der Waals surface area contributed by atoms with Crippen LogP contribution in [0, 0.1) is 5.41 Å². The van der Waals surface area contributed by atoms with Crippen LogP contribution in [-0.2, 0) is 11.2 Å². The van der Waals surface area contributed by atoms with Crippen LogP contribution in [0.25, 0.3) is 10.9 Å². The van der Waals surface area contributed by atoms with Crippen molar-refractivity contribution in [1.82, 2.24) is 19.9 Å². The number of likely N-dealkylation sites (tertiary alicyclic amines) is 1. The minimum absolute atomic E-state index is 0.103. The Labute approximate surface area is 216 Å². The monoisotopic (exact) mass is 512 g/mol. The quantitative estimate of drug-likeness (QED) is 0.381. The van der Waals surface area contributed by atoms with Crippen LogP contribution in [0.3, 0.4) is 0 Å². The number of aliphatic carboxylic acids is 1. The van der Waals surface area contributed by atoms with Crippen LogP contribution in [0.2, 0.25) is 5.02 Å². The van der Waals surface area contributed by atoms with E-state index in [9.17, 15) is 15.0 Å². The molecule has 192 valence electrons. The number of benzene rings is 1. The topological polar surface area (TPSA) is 109 Å². The van der Waals surface area contributed by atoms with Gasteiger partial charge in [-0.3, -0.25) is 19.7 Å². The van der Waals surface area contributed by atoms with Crippen molar-refractivity contribution < 1.29 is 19.7 Å². The van der Waals surface area contributed by atoms with Crippen molar-refractivity contribution in [3.8, 4) is 5.75 Å². The second kappa shape index (κ2) is 12.0. The maximum absolute atomic E-state index is 11.8. The summed E-state index contributed by atoms with van der Waals surface area (Å²) in [6.45, 7) is 2.64. The third-order valence-corrected chi connectivity index (χ3v) is 7.62. The van der Waals surface area contributed by atoms with Gasteiger partial charge in [0.1, 0.15) is 5.75 Å². The number of carbonyl (C=O) groups is 1. The number of rotatable bonds is 11. The smallest absolute Gasteiger partial charge is 0.303 e. The Morgan fingerprint density at radius 2 is 2.03 bits per heavy atom. The predicted octanol–water partition coefficient (Wildman–Crippen LogP) is 4.69. The van der Waals surface area contributed by atoms with E-state index in [1.54, 1.807) is 31.9 Å². The maximum Gasteiger partial charge on any atom is 0.303 e. The number of hydrogen-bond acceptors (Lipinski definition) is 7. The van der Waals surface area contributed by atoms with Gasteiger partial charge in [-0.25, -0.2) is 0 Å². The molecule has 2 aromatic heterocycles. The van der Waals surface area contributed by atoms with Gasteiger partial charge in [-0.05, 0) is 81.8 Å². The van der Waals surface area contributed by atoms with E-state index in [-0.39, 0.29) is 11.8 Å². The van der Waals surface area contributed by atoms with Gasteiger partial charge >= 0.3 is 5.97 Å². The summed E-state index contributed by atoms with van der Waals surface area (Å²) in [5.41, 5.74) is 1.99. The maximum atomic E-state index is 11.8. The van der Waals surface area contributed by atoms with Gasteiger partial charge in [-0.2, -0.15) is 0 Å². The lowest BCUT2D eigenvalue weighted by molar-refractivity contribution is -0.141. The number of hydrogen-bond donors (Lipinski definition) is 2. The molecule has 0 aliphatic carbocycles. The Balaban J connectivity index is 1.39. The third-order valence-electron chi connectivity index (χ3n) is 7.32. The molecule has 1 saturated heterocycles. The molecule has 1 aliphatic heterocycles. The molecule has 36 heavy (non-hydrogen) atoms. The van der Waals surface area contributed by atoms with Crippen molar-refractivity contribution in [2.45, 2.75) is 51.0 Å². The third kappa shape index (κ3) is 6.49. The number of carboxylic acid groups (broad SMARTS) is 1. The van der Waals surface area contributed by atoms with Crippen LogP contribution >= 0.6 is 11.6 Å². The zero-order valence-corrected chi connectivity index (χ0v) is 21.3. The summed E-state index contributed by atoms with van der Waals surface area (Å²) in [6.07, 6.45) is 10.5. The molecule has 1 atom stereocenters. The van der Waals surface area contributed by atoms with Gasteiger partial charge in [-0.15, -0.1) is 0 Å². The number of aliphatic hydroxyl groups excluding tert-OH is 1. The Kier molecular flexibility index (Phi) is 8.72. The summed E-state index contributed by atoms with van der Waals surface area (Å²) in [7, 11) is 1.59. The Morgan fingerprint density at radius 1 is 1.22 bits per heavy atom. The molecule has 1 aliphatic rings. The molecule has 0 amide bonds. The van der Waals surface area contributed by atoms with Crippen molar-refractivity contribution in [3.05, 3.63) is 59.3 Å². The number of pyridine rings is 1. The summed E-state index contributed by atoms with van der Waals surface area (Å²) < 4.78 is 5.35. The van der Waals surface area contributed by atoms with Gasteiger partial charge in [0.15, 0.2) is 0 Å². The lowest BCUT2D eigenvalue weighted by atomic mass is 9.71. The number of carboxylic acids is 1. The minimum Gasteiger partial charge on any atom is -0.497 e. The zero-order valence-electron chi connectivity index (χ0n) is 20.6. The second-order valence-corrected chi connectivity index (χ2v) is 10.1. The summed E-state index contributed by atoms with van der Waals surface area (Å²) in [5.74, 6) is -0.133. The van der Waals surface area contributed by atoms with E-state index in [1.165, 1.54) is 0 Å². The molecule has 0 unspecified atom stereocenters. The van der Waals surface area contributed by atoms with E-state index >= 15 is 0 Å². The fraction of sp³-hybridized carbons (Fsp3) is 0.481. The number of ether oxygens (including phenoxy) is 1. The first-order chi connectivity index (χ1) is 17.4. The van der Waals surface area contributed by atoms with Gasteiger partial charge in [0.2, 0.25) is 0 Å². The highest BCUT2D eigenvalue weighted by atomic mass is 35.5. The summed E-state index contributed by atoms with van der Waals surface area (Å²) in [5, 5.41) is 22.0. The molecule has 0 spiro atoms. The van der Waals surface area contributed by atoms with Crippen molar-refractivity contribution in [3.63, 3.8) is 0 Å². The molecular weight excluding hydrogens is 480 g/mol. The van der Waals surface area contributed by atoms with Crippen molar-refractivity contribution in [2.24, 2.45) is 5.41 Å². The fourth-order valence-electron chi connectivity index (χ4n) is 5.25. The Morgan fingerprint density at radius 3 is 2.72 bits per heavy atom. The van der Waals surface area contributed by atoms with Crippen LogP contribution in [0.15, 0.2) is 43.0 Å². The number of methoxy groups -OCH3 is 1. The van der Waals surface area contributed by atoms with Crippen molar-refractivity contribution >= 4 is 28.5 Å². The molecule has 1 aromatic carbocycles. The number of aromatic nitrogens is 3. The van der Waals surface area contributed by atoms with E-state index < -0.39 is 12.1 Å². The van der Waals surface area contributed by atoms with Gasteiger partial charge < -0.3 is 19.8 Å². The molecule has 8 nitrogen and oxygen atoms in total. The van der Waals surface area contributed by atoms with E-state index in [0.717, 1.165) is 61.9 Å². The largest absolute Gasteiger partial charge is 0.497 e. The van der Waals surface area contributed by atoms with Crippen LogP contribution in [0.5, 0.6) is 5.75 Å². The Hall–Kier alpha value is -2.81. The fourth-order valence-corrected chi connectivity index (χ4v) is 5.53. The average Bonchev–Trinajstić information content (AvgIpc) is 2.88. The predicted molar refractivity (Wildman–Crippen MR) is 138 cm³/mol. The van der Waals surface area contributed by atoms with Crippen LogP contribution in [0.4, 0.5) is 0 Å². The highest BCUT2D eigenvalue weighted by Crippen LogP contribution is 2.43. The number of nitrogens with zero attached hydrogens (tertiary/aromatic N) is 4. The zero-order chi connectivity index (χ0) is 25.5. The highest BCUT2D eigenvalue weighted by molar-refractivity contribution is 6.32. The second-order valence-electron chi connectivity index (χ2n) is 9.67. The van der Waals surface area contributed by atoms with E-state index in [0.29, 0.717) is 29.2 Å². The van der Waals surface area contributed by atoms with E-state index in [4.69, 9.17) is 16.3 Å². The van der Waals surface area contributed by atoms with Gasteiger partial charge in [0, 0.05) is 35.7 Å². The van der Waals surface area contributed by atoms with E-state index in [2.05, 4.69) is 19.9 Å². The molecule has 1 fully saturated rings. The van der Waals surface area contributed by atoms with Gasteiger partial charge in [-0.1, -0.05) is 11.6 Å². The Bertz CT molecular complexity index is 1170. The SMILES string of the molecule is COc1ccc2ncc(Cl)c([C@@H](O)CCC3(CC(=O)O)CCN(CCCc4cnccn4)CC3)c2c1. The first-order valence-electron chi connectivity index (χ1n) is 12.4. The van der Waals surface area contributed by atoms with Gasteiger partial charge in [0.25, 0.3) is 0 Å². The number of piperidine rings is 1. The minimum atomic E-state index is -0.828. The molecule has 0 bridgehead atoms. The number of halogens is 1.